The smallest absolute Gasteiger partial charge is 0.139 e. The SMILES string of the molecule is NC(CCCCNC1CCCCC1CO)=NO. The summed E-state index contributed by atoms with van der Waals surface area (Å²) in [6.45, 7) is 1.24. The Morgan fingerprint density at radius 2 is 2.06 bits per heavy atom. The lowest BCUT2D eigenvalue weighted by Gasteiger charge is -2.31. The summed E-state index contributed by atoms with van der Waals surface area (Å²) in [5.74, 6) is 0.726. The van der Waals surface area contributed by atoms with Crippen molar-refractivity contribution in [1.82, 2.24) is 5.32 Å². The molecule has 17 heavy (non-hydrogen) atoms. The third-order valence-corrected chi connectivity index (χ3v) is 3.54. The fourth-order valence-corrected chi connectivity index (χ4v) is 2.46. The van der Waals surface area contributed by atoms with Gasteiger partial charge >= 0.3 is 0 Å². The molecule has 0 saturated heterocycles. The van der Waals surface area contributed by atoms with Gasteiger partial charge in [0.2, 0.25) is 0 Å². The van der Waals surface area contributed by atoms with Crippen molar-refractivity contribution in [1.29, 1.82) is 0 Å². The second-order valence-corrected chi connectivity index (χ2v) is 4.84. The number of unbranched alkanes of at least 4 members (excludes halogenated alkanes) is 1. The van der Waals surface area contributed by atoms with Crippen molar-refractivity contribution in [2.24, 2.45) is 16.8 Å². The largest absolute Gasteiger partial charge is 0.409 e. The normalized spacial score (nSPS) is 26.1. The topological polar surface area (TPSA) is 90.9 Å². The molecular weight excluding hydrogens is 218 g/mol. The van der Waals surface area contributed by atoms with E-state index in [-0.39, 0.29) is 0 Å². The lowest BCUT2D eigenvalue weighted by molar-refractivity contribution is 0.153. The quantitative estimate of drug-likeness (QED) is 0.177. The lowest BCUT2D eigenvalue weighted by atomic mass is 9.85. The molecule has 0 aliphatic heterocycles. The first-order valence-corrected chi connectivity index (χ1v) is 6.58. The highest BCUT2D eigenvalue weighted by atomic mass is 16.4. The molecule has 5 heteroatoms. The van der Waals surface area contributed by atoms with Crippen LogP contribution in [0.15, 0.2) is 5.16 Å². The average Bonchev–Trinajstić information content (AvgIpc) is 2.38. The number of aliphatic hydroxyl groups excluding tert-OH is 1. The van der Waals surface area contributed by atoms with Gasteiger partial charge in [-0.1, -0.05) is 18.0 Å². The molecule has 5 nitrogen and oxygen atoms in total. The Morgan fingerprint density at radius 3 is 2.76 bits per heavy atom. The molecule has 0 heterocycles. The summed E-state index contributed by atoms with van der Waals surface area (Å²) in [6.07, 6.45) is 7.41. The summed E-state index contributed by atoms with van der Waals surface area (Å²) >= 11 is 0. The molecule has 0 aromatic heterocycles. The highest BCUT2D eigenvalue weighted by Gasteiger charge is 2.23. The van der Waals surface area contributed by atoms with Crippen molar-refractivity contribution < 1.29 is 10.3 Å². The molecule has 0 aromatic rings. The molecule has 0 amide bonds. The summed E-state index contributed by atoms with van der Waals surface area (Å²) in [7, 11) is 0. The zero-order valence-corrected chi connectivity index (χ0v) is 10.4. The number of hydrogen-bond donors (Lipinski definition) is 4. The predicted molar refractivity (Wildman–Crippen MR) is 68.1 cm³/mol. The van der Waals surface area contributed by atoms with Crippen LogP contribution in [-0.2, 0) is 0 Å². The van der Waals surface area contributed by atoms with Crippen LogP contribution in [0.2, 0.25) is 0 Å². The minimum absolute atomic E-state index is 0.293. The molecule has 1 aliphatic rings. The van der Waals surface area contributed by atoms with Gasteiger partial charge in [-0.2, -0.15) is 0 Å². The molecule has 1 aliphatic carbocycles. The van der Waals surface area contributed by atoms with E-state index in [0.717, 1.165) is 25.8 Å². The van der Waals surface area contributed by atoms with Crippen molar-refractivity contribution in [3.63, 3.8) is 0 Å². The summed E-state index contributed by atoms with van der Waals surface area (Å²) < 4.78 is 0. The van der Waals surface area contributed by atoms with Gasteiger partial charge in [0.15, 0.2) is 0 Å². The summed E-state index contributed by atoms with van der Waals surface area (Å²) in [5, 5.41) is 24.1. The number of aliphatic hydroxyl groups is 1. The molecule has 100 valence electrons. The van der Waals surface area contributed by atoms with E-state index < -0.39 is 0 Å². The average molecular weight is 243 g/mol. The number of oxime groups is 1. The van der Waals surface area contributed by atoms with Gasteiger partial charge in [0.25, 0.3) is 0 Å². The third kappa shape index (κ3) is 5.37. The van der Waals surface area contributed by atoms with Gasteiger partial charge in [0.1, 0.15) is 5.84 Å². The highest BCUT2D eigenvalue weighted by Crippen LogP contribution is 2.23. The zero-order chi connectivity index (χ0) is 12.5. The molecule has 5 N–H and O–H groups in total. The van der Waals surface area contributed by atoms with Crippen LogP contribution in [0.4, 0.5) is 0 Å². The van der Waals surface area contributed by atoms with Crippen LogP contribution >= 0.6 is 0 Å². The first kappa shape index (κ1) is 14.3. The number of nitrogens with two attached hydrogens (primary N) is 1. The second-order valence-electron chi connectivity index (χ2n) is 4.84. The highest BCUT2D eigenvalue weighted by molar-refractivity contribution is 5.79. The van der Waals surface area contributed by atoms with Crippen LogP contribution < -0.4 is 11.1 Å². The minimum atomic E-state index is 0.293. The fraction of sp³-hybridized carbons (Fsp3) is 0.917. The minimum Gasteiger partial charge on any atom is -0.409 e. The molecule has 0 aromatic carbocycles. The third-order valence-electron chi connectivity index (χ3n) is 3.54. The Kier molecular flexibility index (Phi) is 6.96. The molecule has 2 unspecified atom stereocenters. The van der Waals surface area contributed by atoms with Crippen LogP contribution in [0, 0.1) is 5.92 Å². The Balaban J connectivity index is 2.08. The fourth-order valence-electron chi connectivity index (χ4n) is 2.46. The van der Waals surface area contributed by atoms with E-state index in [1.807, 2.05) is 0 Å². The van der Waals surface area contributed by atoms with Gasteiger partial charge in [-0.25, -0.2) is 0 Å². The van der Waals surface area contributed by atoms with Crippen molar-refractivity contribution in [3.05, 3.63) is 0 Å². The summed E-state index contributed by atoms with van der Waals surface area (Å²) in [6, 6.07) is 0.470. The van der Waals surface area contributed by atoms with Crippen LogP contribution in [0.5, 0.6) is 0 Å². The van der Waals surface area contributed by atoms with E-state index in [9.17, 15) is 5.11 Å². The predicted octanol–water partition coefficient (Wildman–Crippen LogP) is 1.04. The van der Waals surface area contributed by atoms with Crippen molar-refractivity contribution >= 4 is 5.84 Å². The van der Waals surface area contributed by atoms with Crippen molar-refractivity contribution in [3.8, 4) is 0 Å². The number of amidine groups is 1. The molecule has 1 fully saturated rings. The van der Waals surface area contributed by atoms with Gasteiger partial charge in [0, 0.05) is 19.1 Å². The van der Waals surface area contributed by atoms with Crippen LogP contribution in [0.3, 0.4) is 0 Å². The molecule has 0 radical (unpaired) electrons. The number of rotatable bonds is 7. The van der Waals surface area contributed by atoms with Gasteiger partial charge in [-0.3, -0.25) is 0 Å². The van der Waals surface area contributed by atoms with E-state index in [2.05, 4.69) is 10.5 Å². The van der Waals surface area contributed by atoms with Crippen LogP contribution in [-0.4, -0.2) is 35.3 Å². The number of nitrogens with one attached hydrogen (secondary N) is 1. The summed E-state index contributed by atoms with van der Waals surface area (Å²) in [4.78, 5) is 0. The van der Waals surface area contributed by atoms with E-state index in [0.29, 0.717) is 30.8 Å². The van der Waals surface area contributed by atoms with E-state index >= 15 is 0 Å². The maximum absolute atomic E-state index is 9.27. The molecular formula is C12H25N3O2. The number of nitrogens with zero attached hydrogens (tertiary/aromatic N) is 1. The Hall–Kier alpha value is -0.810. The monoisotopic (exact) mass is 243 g/mol. The molecule has 1 saturated carbocycles. The maximum Gasteiger partial charge on any atom is 0.139 e. The van der Waals surface area contributed by atoms with E-state index in [1.165, 1.54) is 19.3 Å². The Bertz CT molecular complexity index is 234. The van der Waals surface area contributed by atoms with Crippen LogP contribution in [0.1, 0.15) is 44.9 Å². The van der Waals surface area contributed by atoms with Crippen molar-refractivity contribution in [2.75, 3.05) is 13.2 Å². The molecule has 1 rings (SSSR count). The van der Waals surface area contributed by atoms with Crippen molar-refractivity contribution in [2.45, 2.75) is 51.0 Å². The Morgan fingerprint density at radius 1 is 1.29 bits per heavy atom. The standard InChI is InChI=1S/C12H25N3O2/c13-12(15-17)7-3-4-8-14-11-6-2-1-5-10(11)9-16/h10-11,14,16-17H,1-9H2,(H2,13,15). The molecule has 0 bridgehead atoms. The lowest BCUT2D eigenvalue weighted by Crippen LogP contribution is -2.40. The van der Waals surface area contributed by atoms with Gasteiger partial charge in [0.05, 0.1) is 0 Å². The van der Waals surface area contributed by atoms with Gasteiger partial charge < -0.3 is 21.4 Å². The number of hydrogen-bond acceptors (Lipinski definition) is 4. The maximum atomic E-state index is 9.27. The zero-order valence-electron chi connectivity index (χ0n) is 10.4. The van der Waals surface area contributed by atoms with Gasteiger partial charge in [-0.05, 0) is 38.1 Å². The Labute approximate surface area is 103 Å². The van der Waals surface area contributed by atoms with E-state index in [1.54, 1.807) is 0 Å². The van der Waals surface area contributed by atoms with E-state index in [4.69, 9.17) is 10.9 Å². The first-order chi connectivity index (χ1) is 8.27. The molecule has 0 spiro atoms. The first-order valence-electron chi connectivity index (χ1n) is 6.58. The molecule has 2 atom stereocenters. The van der Waals surface area contributed by atoms with Crippen LogP contribution in [0.25, 0.3) is 0 Å². The van der Waals surface area contributed by atoms with Gasteiger partial charge in [-0.15, -0.1) is 0 Å². The summed E-state index contributed by atoms with van der Waals surface area (Å²) in [5.41, 5.74) is 5.39. The second kappa shape index (κ2) is 8.31.